The molecule has 2 heterocycles. The van der Waals surface area contributed by atoms with Gasteiger partial charge in [0.2, 0.25) is 0 Å². The zero-order valence-electron chi connectivity index (χ0n) is 11.3. The van der Waals surface area contributed by atoms with Crippen molar-refractivity contribution in [2.45, 2.75) is 46.4 Å². The third-order valence-corrected chi connectivity index (χ3v) is 2.85. The largest absolute Gasteiger partial charge is 0.346 e. The van der Waals surface area contributed by atoms with Crippen LogP contribution >= 0.6 is 0 Å². The van der Waals surface area contributed by atoms with Crippen LogP contribution in [0.1, 0.15) is 32.2 Å². The lowest BCUT2D eigenvalue weighted by Crippen LogP contribution is -2.21. The van der Waals surface area contributed by atoms with Crippen molar-refractivity contribution < 1.29 is 0 Å². The van der Waals surface area contributed by atoms with Gasteiger partial charge < -0.3 is 9.88 Å². The van der Waals surface area contributed by atoms with E-state index < -0.39 is 0 Å². The second-order valence-electron chi connectivity index (χ2n) is 4.72. The van der Waals surface area contributed by atoms with Crippen molar-refractivity contribution in [3.05, 3.63) is 36.2 Å². The van der Waals surface area contributed by atoms with Gasteiger partial charge in [-0.3, -0.25) is 0 Å². The molecule has 0 aliphatic rings. The summed E-state index contributed by atoms with van der Waals surface area (Å²) in [5, 5.41) is 7.59. The molecule has 0 aromatic carbocycles. The lowest BCUT2D eigenvalue weighted by molar-refractivity contribution is 0.582. The Morgan fingerprint density at radius 3 is 2.94 bits per heavy atom. The highest BCUT2D eigenvalue weighted by molar-refractivity contribution is 5.11. The van der Waals surface area contributed by atoms with Crippen LogP contribution in [0.15, 0.2) is 24.8 Å². The van der Waals surface area contributed by atoms with Gasteiger partial charge in [-0.05, 0) is 18.6 Å². The van der Waals surface area contributed by atoms with E-state index in [9.17, 15) is 0 Å². The average molecular weight is 247 g/mol. The number of hydrogen-bond acceptors (Lipinski definition) is 3. The highest BCUT2D eigenvalue weighted by Crippen LogP contribution is 2.05. The van der Waals surface area contributed by atoms with E-state index in [0.29, 0.717) is 6.04 Å². The van der Waals surface area contributed by atoms with Crippen molar-refractivity contribution >= 4 is 0 Å². The van der Waals surface area contributed by atoms with Crippen molar-refractivity contribution in [3.8, 4) is 0 Å². The van der Waals surface area contributed by atoms with Crippen LogP contribution in [0.25, 0.3) is 0 Å². The fourth-order valence-corrected chi connectivity index (χ4v) is 1.85. The summed E-state index contributed by atoms with van der Waals surface area (Å²) >= 11 is 0. The first-order valence-corrected chi connectivity index (χ1v) is 6.43. The van der Waals surface area contributed by atoms with Crippen molar-refractivity contribution in [2.24, 2.45) is 0 Å². The molecule has 2 aromatic heterocycles. The van der Waals surface area contributed by atoms with E-state index in [4.69, 9.17) is 0 Å². The Kier molecular flexibility index (Phi) is 4.15. The monoisotopic (exact) mass is 247 g/mol. The van der Waals surface area contributed by atoms with Crippen molar-refractivity contribution in [3.63, 3.8) is 0 Å². The van der Waals surface area contributed by atoms with Crippen LogP contribution in [0.2, 0.25) is 0 Å². The van der Waals surface area contributed by atoms with Gasteiger partial charge in [-0.1, -0.05) is 13.8 Å². The van der Waals surface area contributed by atoms with Crippen LogP contribution in [-0.4, -0.2) is 25.4 Å². The van der Waals surface area contributed by atoms with Gasteiger partial charge in [-0.25, -0.2) is 9.67 Å². The van der Waals surface area contributed by atoms with Crippen molar-refractivity contribution in [1.29, 1.82) is 0 Å². The molecule has 5 nitrogen and oxygen atoms in total. The van der Waals surface area contributed by atoms with Gasteiger partial charge in [0.15, 0.2) is 0 Å². The van der Waals surface area contributed by atoms with E-state index in [0.717, 1.165) is 25.5 Å². The first kappa shape index (κ1) is 12.8. The number of nitrogens with one attached hydrogen (secondary N) is 1. The standard InChI is InChI=1S/C13H21N5/c1-4-18-13(15-10-16-18)9-17-6-5-12(8-17)7-14-11(2)3/h5-6,8,10-11,14H,4,7,9H2,1-3H3. The molecule has 0 amide bonds. The molecule has 0 saturated carbocycles. The Labute approximate surface area is 108 Å². The van der Waals surface area contributed by atoms with Crippen LogP contribution in [0.3, 0.4) is 0 Å². The molecule has 0 bridgehead atoms. The zero-order chi connectivity index (χ0) is 13.0. The molecular formula is C13H21N5. The van der Waals surface area contributed by atoms with Gasteiger partial charge in [0.05, 0.1) is 6.54 Å². The maximum Gasteiger partial charge on any atom is 0.146 e. The van der Waals surface area contributed by atoms with Crippen LogP contribution in [-0.2, 0) is 19.6 Å². The van der Waals surface area contributed by atoms with Crippen LogP contribution < -0.4 is 5.32 Å². The summed E-state index contributed by atoms with van der Waals surface area (Å²) in [4.78, 5) is 4.28. The van der Waals surface area contributed by atoms with Gasteiger partial charge in [-0.15, -0.1) is 0 Å². The van der Waals surface area contributed by atoms with Crippen LogP contribution in [0, 0.1) is 0 Å². The maximum absolute atomic E-state index is 4.28. The molecule has 2 aromatic rings. The number of aromatic nitrogens is 4. The summed E-state index contributed by atoms with van der Waals surface area (Å²) < 4.78 is 4.07. The molecule has 0 atom stereocenters. The van der Waals surface area contributed by atoms with E-state index in [1.807, 2.05) is 4.68 Å². The Balaban J connectivity index is 1.98. The molecule has 18 heavy (non-hydrogen) atoms. The molecule has 2 rings (SSSR count). The lowest BCUT2D eigenvalue weighted by Gasteiger charge is -2.06. The fraction of sp³-hybridized carbons (Fsp3) is 0.538. The van der Waals surface area contributed by atoms with Crippen LogP contribution in [0.4, 0.5) is 0 Å². The minimum Gasteiger partial charge on any atom is -0.346 e. The summed E-state index contributed by atoms with van der Waals surface area (Å²) in [7, 11) is 0. The molecule has 1 N–H and O–H groups in total. The molecule has 0 fully saturated rings. The van der Waals surface area contributed by atoms with Gasteiger partial charge in [0.1, 0.15) is 12.2 Å². The van der Waals surface area contributed by atoms with Gasteiger partial charge in [0, 0.05) is 31.5 Å². The minimum absolute atomic E-state index is 0.511. The first-order valence-electron chi connectivity index (χ1n) is 6.43. The Bertz CT molecular complexity index is 483. The third kappa shape index (κ3) is 3.20. The molecule has 0 unspecified atom stereocenters. The third-order valence-electron chi connectivity index (χ3n) is 2.85. The smallest absolute Gasteiger partial charge is 0.146 e. The van der Waals surface area contributed by atoms with E-state index in [1.54, 1.807) is 6.33 Å². The summed E-state index contributed by atoms with van der Waals surface area (Å²) in [6.07, 6.45) is 5.86. The fourth-order valence-electron chi connectivity index (χ4n) is 1.85. The molecule has 98 valence electrons. The summed E-state index contributed by atoms with van der Waals surface area (Å²) in [6, 6.07) is 2.65. The van der Waals surface area contributed by atoms with Crippen LogP contribution in [0.5, 0.6) is 0 Å². The number of aryl methyl sites for hydroxylation is 1. The van der Waals surface area contributed by atoms with Crippen molar-refractivity contribution in [1.82, 2.24) is 24.6 Å². The van der Waals surface area contributed by atoms with E-state index in [1.165, 1.54) is 5.56 Å². The van der Waals surface area contributed by atoms with Gasteiger partial charge in [0.25, 0.3) is 0 Å². The highest BCUT2D eigenvalue weighted by atomic mass is 15.3. The van der Waals surface area contributed by atoms with E-state index in [-0.39, 0.29) is 0 Å². The minimum atomic E-state index is 0.511. The van der Waals surface area contributed by atoms with Crippen molar-refractivity contribution in [2.75, 3.05) is 0 Å². The Hall–Kier alpha value is -1.62. The SMILES string of the molecule is CCn1ncnc1Cn1ccc(CNC(C)C)c1. The Morgan fingerprint density at radius 2 is 2.22 bits per heavy atom. The summed E-state index contributed by atoms with van der Waals surface area (Å²) in [5.41, 5.74) is 1.30. The molecule has 0 aliphatic heterocycles. The predicted octanol–water partition coefficient (Wildman–Crippen LogP) is 1.65. The predicted molar refractivity (Wildman–Crippen MR) is 71.2 cm³/mol. The topological polar surface area (TPSA) is 47.7 Å². The van der Waals surface area contributed by atoms with Gasteiger partial charge >= 0.3 is 0 Å². The van der Waals surface area contributed by atoms with E-state index in [2.05, 4.69) is 59.2 Å². The maximum atomic E-state index is 4.28. The quantitative estimate of drug-likeness (QED) is 0.844. The lowest BCUT2D eigenvalue weighted by atomic mass is 10.3. The normalized spacial score (nSPS) is 11.3. The number of rotatable bonds is 6. The molecule has 0 spiro atoms. The molecule has 5 heteroatoms. The average Bonchev–Trinajstić information content (AvgIpc) is 2.96. The van der Waals surface area contributed by atoms with E-state index >= 15 is 0 Å². The summed E-state index contributed by atoms with van der Waals surface area (Å²) in [5.74, 6) is 0.997. The summed E-state index contributed by atoms with van der Waals surface area (Å²) in [6.45, 7) is 8.92. The molecule has 0 saturated heterocycles. The second kappa shape index (κ2) is 5.82. The van der Waals surface area contributed by atoms with Gasteiger partial charge in [-0.2, -0.15) is 5.10 Å². The first-order chi connectivity index (χ1) is 8.69. The number of hydrogen-bond donors (Lipinski definition) is 1. The zero-order valence-corrected chi connectivity index (χ0v) is 11.3. The Morgan fingerprint density at radius 1 is 1.39 bits per heavy atom. The second-order valence-corrected chi connectivity index (χ2v) is 4.72. The molecular weight excluding hydrogens is 226 g/mol. The molecule has 0 radical (unpaired) electrons. The molecule has 0 aliphatic carbocycles. The highest BCUT2D eigenvalue weighted by Gasteiger charge is 2.04. The number of nitrogens with zero attached hydrogens (tertiary/aromatic N) is 4.